The SMILES string of the molecule is Cc1ccc(N(C)C2=CC[C@]34CC5C(=CC3=C2)C=CCC54)cc1. The van der Waals surface area contributed by atoms with E-state index in [-0.39, 0.29) is 0 Å². The van der Waals surface area contributed by atoms with Crippen LogP contribution in [0.25, 0.3) is 0 Å². The Morgan fingerprint density at radius 1 is 1.13 bits per heavy atom. The predicted octanol–water partition coefficient (Wildman–Crippen LogP) is 5.17. The van der Waals surface area contributed by atoms with Gasteiger partial charge in [-0.3, -0.25) is 0 Å². The van der Waals surface area contributed by atoms with Crippen LogP contribution in [0.2, 0.25) is 0 Å². The Hall–Kier alpha value is -2.02. The van der Waals surface area contributed by atoms with Crippen LogP contribution in [-0.2, 0) is 0 Å². The van der Waals surface area contributed by atoms with E-state index in [1.54, 1.807) is 11.1 Å². The predicted molar refractivity (Wildman–Crippen MR) is 96.2 cm³/mol. The maximum atomic E-state index is 2.48. The molecule has 0 aliphatic heterocycles. The highest BCUT2D eigenvalue weighted by molar-refractivity contribution is 5.60. The van der Waals surface area contributed by atoms with E-state index < -0.39 is 0 Å². The van der Waals surface area contributed by atoms with Crippen LogP contribution >= 0.6 is 0 Å². The first kappa shape index (κ1) is 13.4. The molecule has 0 aromatic heterocycles. The van der Waals surface area contributed by atoms with Gasteiger partial charge in [-0.2, -0.15) is 0 Å². The monoisotopic (exact) mass is 301 g/mol. The summed E-state index contributed by atoms with van der Waals surface area (Å²) in [7, 11) is 2.19. The molecule has 5 aliphatic rings. The summed E-state index contributed by atoms with van der Waals surface area (Å²) in [6.07, 6.45) is 16.0. The largest absolute Gasteiger partial charge is 0.345 e. The van der Waals surface area contributed by atoms with Gasteiger partial charge in [0.25, 0.3) is 0 Å². The van der Waals surface area contributed by atoms with Gasteiger partial charge in [0.2, 0.25) is 0 Å². The molecule has 1 nitrogen and oxygen atoms in total. The van der Waals surface area contributed by atoms with Crippen molar-refractivity contribution in [1.82, 2.24) is 0 Å². The molecule has 5 aliphatic carbocycles. The highest BCUT2D eigenvalue weighted by Gasteiger charge is 2.58. The smallest absolute Gasteiger partial charge is 0.0408 e. The summed E-state index contributed by atoms with van der Waals surface area (Å²) in [5, 5.41) is 0. The third kappa shape index (κ3) is 1.74. The number of rotatable bonds is 2. The van der Waals surface area contributed by atoms with Crippen molar-refractivity contribution in [2.24, 2.45) is 17.3 Å². The first-order valence-electron chi connectivity index (χ1n) is 8.78. The molecule has 4 bridgehead atoms. The Morgan fingerprint density at radius 3 is 2.78 bits per heavy atom. The first-order chi connectivity index (χ1) is 11.2. The number of likely N-dealkylation sites (N-methyl/N-ethyl adjacent to an activating group) is 1. The third-order valence-electron chi connectivity index (χ3n) is 6.59. The molecule has 1 spiro atoms. The van der Waals surface area contributed by atoms with Gasteiger partial charge in [-0.05, 0) is 67.4 Å². The lowest BCUT2D eigenvalue weighted by Crippen LogP contribution is -2.53. The van der Waals surface area contributed by atoms with Gasteiger partial charge < -0.3 is 4.90 Å². The quantitative estimate of drug-likeness (QED) is 0.728. The molecule has 1 fully saturated rings. The van der Waals surface area contributed by atoms with Crippen molar-refractivity contribution < 1.29 is 0 Å². The normalized spacial score (nSPS) is 33.0. The van der Waals surface area contributed by atoms with E-state index >= 15 is 0 Å². The molecular formula is C22H23N. The molecule has 0 saturated heterocycles. The number of aryl methyl sites for hydroxylation is 1. The Labute approximate surface area is 138 Å². The number of benzene rings is 1. The fraction of sp³-hybridized carbons (Fsp3) is 0.364. The zero-order valence-corrected chi connectivity index (χ0v) is 13.9. The zero-order valence-electron chi connectivity index (χ0n) is 13.9. The van der Waals surface area contributed by atoms with Crippen molar-refractivity contribution >= 4 is 5.69 Å². The van der Waals surface area contributed by atoms with Crippen LogP contribution in [-0.4, -0.2) is 7.05 Å². The Bertz CT molecular complexity index is 790. The molecule has 0 heterocycles. The third-order valence-corrected chi connectivity index (χ3v) is 6.59. The molecule has 3 atom stereocenters. The summed E-state index contributed by atoms with van der Waals surface area (Å²) in [5.74, 6) is 1.71. The molecule has 1 heteroatoms. The van der Waals surface area contributed by atoms with Crippen LogP contribution in [0.5, 0.6) is 0 Å². The molecule has 1 aromatic carbocycles. The molecule has 0 radical (unpaired) electrons. The summed E-state index contributed by atoms with van der Waals surface area (Å²) in [6.45, 7) is 2.14. The van der Waals surface area contributed by atoms with Crippen molar-refractivity contribution in [2.75, 3.05) is 11.9 Å². The number of hydrogen-bond donors (Lipinski definition) is 0. The van der Waals surface area contributed by atoms with Gasteiger partial charge in [-0.25, -0.2) is 0 Å². The van der Waals surface area contributed by atoms with Crippen molar-refractivity contribution in [3.05, 3.63) is 77.1 Å². The fourth-order valence-corrected chi connectivity index (χ4v) is 5.13. The van der Waals surface area contributed by atoms with Gasteiger partial charge in [-0.15, -0.1) is 0 Å². The summed E-state index contributed by atoms with van der Waals surface area (Å²) >= 11 is 0. The van der Waals surface area contributed by atoms with Crippen molar-refractivity contribution in [2.45, 2.75) is 26.2 Å². The van der Waals surface area contributed by atoms with Gasteiger partial charge in [0.15, 0.2) is 0 Å². The van der Waals surface area contributed by atoms with E-state index in [1.807, 2.05) is 0 Å². The highest BCUT2D eigenvalue weighted by atomic mass is 15.1. The van der Waals surface area contributed by atoms with E-state index in [2.05, 4.69) is 73.5 Å². The van der Waals surface area contributed by atoms with Gasteiger partial charge >= 0.3 is 0 Å². The average molecular weight is 301 g/mol. The van der Waals surface area contributed by atoms with E-state index in [1.165, 1.54) is 36.2 Å². The van der Waals surface area contributed by atoms with Gasteiger partial charge in [0.05, 0.1) is 0 Å². The van der Waals surface area contributed by atoms with Gasteiger partial charge in [-0.1, -0.05) is 42.0 Å². The Kier molecular flexibility index (Phi) is 2.63. The van der Waals surface area contributed by atoms with Crippen LogP contribution in [0.15, 0.2) is 71.5 Å². The minimum absolute atomic E-state index is 0.455. The van der Waals surface area contributed by atoms with Crippen LogP contribution in [0, 0.1) is 24.2 Å². The summed E-state index contributed by atoms with van der Waals surface area (Å²) in [4.78, 5) is 2.33. The maximum Gasteiger partial charge on any atom is 0.0408 e. The van der Waals surface area contributed by atoms with Crippen molar-refractivity contribution in [3.8, 4) is 0 Å². The number of nitrogens with zero attached hydrogens (tertiary/aromatic N) is 1. The summed E-state index contributed by atoms with van der Waals surface area (Å²) in [6, 6.07) is 8.82. The zero-order chi connectivity index (χ0) is 15.6. The van der Waals surface area contributed by atoms with Gasteiger partial charge in [0, 0.05) is 23.8 Å². The second-order valence-corrected chi connectivity index (χ2v) is 7.68. The topological polar surface area (TPSA) is 3.24 Å². The van der Waals surface area contributed by atoms with E-state index in [0.29, 0.717) is 5.41 Å². The van der Waals surface area contributed by atoms with Crippen molar-refractivity contribution in [3.63, 3.8) is 0 Å². The molecule has 2 unspecified atom stereocenters. The van der Waals surface area contributed by atoms with Crippen molar-refractivity contribution in [1.29, 1.82) is 0 Å². The second kappa shape index (κ2) is 4.50. The minimum Gasteiger partial charge on any atom is -0.345 e. The molecule has 116 valence electrons. The van der Waals surface area contributed by atoms with E-state index in [0.717, 1.165) is 11.8 Å². The average Bonchev–Trinajstić information content (AvgIpc) is 2.56. The second-order valence-electron chi connectivity index (χ2n) is 7.68. The summed E-state index contributed by atoms with van der Waals surface area (Å²) in [5.41, 5.74) is 7.54. The van der Waals surface area contributed by atoms with E-state index in [9.17, 15) is 0 Å². The lowest BCUT2D eigenvalue weighted by atomic mass is 9.42. The lowest BCUT2D eigenvalue weighted by molar-refractivity contribution is 0.00575. The summed E-state index contributed by atoms with van der Waals surface area (Å²) < 4.78 is 0. The first-order valence-corrected chi connectivity index (χ1v) is 8.78. The highest BCUT2D eigenvalue weighted by Crippen LogP contribution is 2.67. The molecular weight excluding hydrogens is 278 g/mol. The molecule has 1 saturated carbocycles. The minimum atomic E-state index is 0.455. The van der Waals surface area contributed by atoms with Crippen LogP contribution < -0.4 is 4.90 Å². The molecule has 1 aromatic rings. The lowest BCUT2D eigenvalue weighted by Gasteiger charge is -2.62. The molecule has 23 heavy (non-hydrogen) atoms. The standard InChI is InChI=1S/C22H23N/c1-15-6-8-18(9-7-15)23(2)19-10-11-22-14-20-16(12-17(22)13-19)4-3-5-21(20)22/h3-4,6-10,12-13,20-21H,5,11,14H2,1-2H3/t20?,21?,22-/m0/s1. The Morgan fingerprint density at radius 2 is 1.96 bits per heavy atom. The van der Waals surface area contributed by atoms with Crippen LogP contribution in [0.1, 0.15) is 24.8 Å². The Balaban J connectivity index is 1.51. The molecule has 0 amide bonds. The van der Waals surface area contributed by atoms with E-state index in [4.69, 9.17) is 0 Å². The maximum absolute atomic E-state index is 2.48. The van der Waals surface area contributed by atoms with Crippen LogP contribution in [0.4, 0.5) is 5.69 Å². The van der Waals surface area contributed by atoms with Crippen LogP contribution in [0.3, 0.4) is 0 Å². The number of allylic oxidation sites excluding steroid dienone is 7. The number of hydrogen-bond acceptors (Lipinski definition) is 1. The molecule has 6 rings (SSSR count). The number of anilines is 1. The molecule has 0 N–H and O–H groups in total. The fourth-order valence-electron chi connectivity index (χ4n) is 5.13. The van der Waals surface area contributed by atoms with Gasteiger partial charge in [0.1, 0.15) is 0 Å².